The summed E-state index contributed by atoms with van der Waals surface area (Å²) in [5.41, 5.74) is 0.294. The second-order valence-corrected chi connectivity index (χ2v) is 5.04. The summed E-state index contributed by atoms with van der Waals surface area (Å²) < 4.78 is 5.11. The van der Waals surface area contributed by atoms with Gasteiger partial charge in [-0.2, -0.15) is 0 Å². The molecule has 0 atom stereocenters. The van der Waals surface area contributed by atoms with Crippen LogP contribution in [0.15, 0.2) is 18.2 Å². The van der Waals surface area contributed by atoms with Crippen LogP contribution in [0.4, 0.5) is 5.69 Å². The highest BCUT2D eigenvalue weighted by Crippen LogP contribution is 2.25. The van der Waals surface area contributed by atoms with Crippen LogP contribution in [0.2, 0.25) is 0 Å². The molecule has 0 unspecified atom stereocenters. The molecule has 0 aliphatic carbocycles. The van der Waals surface area contributed by atoms with E-state index >= 15 is 0 Å². The van der Waals surface area contributed by atoms with Crippen molar-refractivity contribution in [3.8, 4) is 5.75 Å². The van der Waals surface area contributed by atoms with Crippen LogP contribution in [0, 0.1) is 5.41 Å². The molecule has 1 rings (SSSR count). The molecule has 0 aliphatic heterocycles. The molecule has 6 heteroatoms. The molecule has 1 aromatic carbocycles. The Labute approximate surface area is 107 Å². The molecule has 0 aromatic heterocycles. The molecule has 5 nitrogen and oxygen atoms in total. The van der Waals surface area contributed by atoms with Gasteiger partial charge in [-0.25, -0.2) is 0 Å². The minimum absolute atomic E-state index is 0.141. The zero-order chi connectivity index (χ0) is 13.9. The SMILES string of the molecule is COc1cc(B(O)O)ccc1NC(=O)C(C)(C)C. The van der Waals surface area contributed by atoms with Gasteiger partial charge in [0.05, 0.1) is 12.8 Å². The predicted molar refractivity (Wildman–Crippen MR) is 70.9 cm³/mol. The smallest absolute Gasteiger partial charge is 0.488 e. The molecule has 1 aromatic rings. The highest BCUT2D eigenvalue weighted by atomic mass is 16.5. The summed E-state index contributed by atoms with van der Waals surface area (Å²) in [5.74, 6) is 0.247. The van der Waals surface area contributed by atoms with E-state index in [1.807, 2.05) is 0 Å². The molecule has 0 aliphatic rings. The number of methoxy groups -OCH3 is 1. The van der Waals surface area contributed by atoms with Gasteiger partial charge in [-0.05, 0) is 17.6 Å². The van der Waals surface area contributed by atoms with Crippen molar-refractivity contribution in [2.45, 2.75) is 20.8 Å². The van der Waals surface area contributed by atoms with Crippen LogP contribution in [-0.2, 0) is 4.79 Å². The number of anilines is 1. The van der Waals surface area contributed by atoms with Crippen LogP contribution < -0.4 is 15.5 Å². The van der Waals surface area contributed by atoms with Gasteiger partial charge in [0, 0.05) is 5.41 Å². The first-order chi connectivity index (χ1) is 8.25. The van der Waals surface area contributed by atoms with Gasteiger partial charge < -0.3 is 20.1 Å². The van der Waals surface area contributed by atoms with E-state index in [4.69, 9.17) is 14.8 Å². The van der Waals surface area contributed by atoms with Gasteiger partial charge in [0.2, 0.25) is 5.91 Å². The maximum atomic E-state index is 11.9. The number of benzene rings is 1. The minimum atomic E-state index is -1.56. The van der Waals surface area contributed by atoms with Crippen LogP contribution >= 0.6 is 0 Å². The summed E-state index contributed by atoms with van der Waals surface area (Å²) in [4.78, 5) is 11.9. The molecule has 0 saturated carbocycles. The summed E-state index contributed by atoms with van der Waals surface area (Å²) in [6.07, 6.45) is 0. The third-order valence-corrected chi connectivity index (χ3v) is 2.45. The lowest BCUT2D eigenvalue weighted by Crippen LogP contribution is -2.31. The van der Waals surface area contributed by atoms with Crippen molar-refractivity contribution in [3.05, 3.63) is 18.2 Å². The van der Waals surface area contributed by atoms with Crippen LogP contribution in [0.25, 0.3) is 0 Å². The Morgan fingerprint density at radius 1 is 1.33 bits per heavy atom. The molecule has 3 N–H and O–H groups in total. The molecule has 98 valence electrons. The van der Waals surface area contributed by atoms with E-state index in [1.54, 1.807) is 26.8 Å². The van der Waals surface area contributed by atoms with E-state index in [-0.39, 0.29) is 5.91 Å². The molecule has 0 radical (unpaired) electrons. The van der Waals surface area contributed by atoms with Crippen molar-refractivity contribution in [1.29, 1.82) is 0 Å². The molecule has 0 bridgehead atoms. The Morgan fingerprint density at radius 2 is 1.94 bits per heavy atom. The van der Waals surface area contributed by atoms with Gasteiger partial charge in [-0.3, -0.25) is 4.79 Å². The Hall–Kier alpha value is -1.53. The summed E-state index contributed by atoms with van der Waals surface area (Å²) in [6.45, 7) is 5.42. The van der Waals surface area contributed by atoms with Crippen LogP contribution in [-0.4, -0.2) is 30.2 Å². The Morgan fingerprint density at radius 3 is 2.39 bits per heavy atom. The lowest BCUT2D eigenvalue weighted by Gasteiger charge is -2.19. The van der Waals surface area contributed by atoms with Crippen LogP contribution in [0.1, 0.15) is 20.8 Å². The molecule has 1 amide bonds. The third kappa shape index (κ3) is 3.48. The summed E-state index contributed by atoms with van der Waals surface area (Å²) in [5, 5.41) is 20.9. The summed E-state index contributed by atoms with van der Waals surface area (Å²) >= 11 is 0. The summed E-state index contributed by atoms with van der Waals surface area (Å²) in [6, 6.07) is 4.58. The number of carbonyl (C=O) groups is 1. The zero-order valence-corrected chi connectivity index (χ0v) is 11.0. The largest absolute Gasteiger partial charge is 0.495 e. The van der Waals surface area contributed by atoms with Crippen molar-refractivity contribution in [2.24, 2.45) is 5.41 Å². The van der Waals surface area contributed by atoms with Crippen molar-refractivity contribution in [3.63, 3.8) is 0 Å². The first-order valence-corrected chi connectivity index (χ1v) is 5.61. The fourth-order valence-electron chi connectivity index (χ4n) is 1.28. The van der Waals surface area contributed by atoms with Gasteiger partial charge in [0.15, 0.2) is 0 Å². The number of ether oxygens (including phenoxy) is 1. The fraction of sp³-hybridized carbons (Fsp3) is 0.417. The van der Waals surface area contributed by atoms with Crippen molar-refractivity contribution >= 4 is 24.2 Å². The quantitative estimate of drug-likeness (QED) is 0.678. The highest BCUT2D eigenvalue weighted by Gasteiger charge is 2.23. The lowest BCUT2D eigenvalue weighted by atomic mass is 9.80. The molecule has 18 heavy (non-hydrogen) atoms. The van der Waals surface area contributed by atoms with E-state index < -0.39 is 12.5 Å². The van der Waals surface area contributed by atoms with E-state index in [2.05, 4.69) is 5.32 Å². The fourth-order valence-corrected chi connectivity index (χ4v) is 1.28. The minimum Gasteiger partial charge on any atom is -0.495 e. The first-order valence-electron chi connectivity index (χ1n) is 5.61. The Bertz CT molecular complexity index is 440. The lowest BCUT2D eigenvalue weighted by molar-refractivity contribution is -0.123. The van der Waals surface area contributed by atoms with E-state index in [0.29, 0.717) is 16.9 Å². The van der Waals surface area contributed by atoms with Gasteiger partial charge in [0.1, 0.15) is 5.75 Å². The number of hydrogen-bond donors (Lipinski definition) is 3. The van der Waals surface area contributed by atoms with Gasteiger partial charge in [-0.1, -0.05) is 26.8 Å². The molecular weight excluding hydrogens is 233 g/mol. The molecule has 0 spiro atoms. The third-order valence-electron chi connectivity index (χ3n) is 2.45. The maximum absolute atomic E-state index is 11.9. The highest BCUT2D eigenvalue weighted by molar-refractivity contribution is 6.58. The standard InChI is InChI=1S/C12H18BNO4/c1-12(2,3)11(15)14-9-6-5-8(13(16)17)7-10(9)18-4/h5-7,16-17H,1-4H3,(H,14,15). The average Bonchev–Trinajstić information content (AvgIpc) is 2.27. The number of amides is 1. The van der Waals surface area contributed by atoms with E-state index in [9.17, 15) is 4.79 Å². The van der Waals surface area contributed by atoms with Gasteiger partial charge in [0.25, 0.3) is 0 Å². The van der Waals surface area contributed by atoms with Gasteiger partial charge in [-0.15, -0.1) is 0 Å². The van der Waals surface area contributed by atoms with E-state index in [1.165, 1.54) is 19.2 Å². The predicted octanol–water partition coefficient (Wildman–Crippen LogP) is 0.360. The molecule has 0 heterocycles. The van der Waals surface area contributed by atoms with Crippen LogP contribution in [0.5, 0.6) is 5.75 Å². The second-order valence-electron chi connectivity index (χ2n) is 5.04. The Balaban J connectivity index is 3.00. The zero-order valence-electron chi connectivity index (χ0n) is 11.0. The van der Waals surface area contributed by atoms with Crippen molar-refractivity contribution < 1.29 is 19.6 Å². The molecule has 0 fully saturated rings. The monoisotopic (exact) mass is 251 g/mol. The Kier molecular flexibility index (Phi) is 4.37. The molecule has 0 saturated heterocycles. The van der Waals surface area contributed by atoms with Crippen molar-refractivity contribution in [1.82, 2.24) is 0 Å². The van der Waals surface area contributed by atoms with Crippen molar-refractivity contribution in [2.75, 3.05) is 12.4 Å². The second kappa shape index (κ2) is 5.41. The first kappa shape index (κ1) is 14.5. The number of nitrogens with one attached hydrogen (secondary N) is 1. The topological polar surface area (TPSA) is 78.8 Å². The van der Waals surface area contributed by atoms with Gasteiger partial charge >= 0.3 is 7.12 Å². The summed E-state index contributed by atoms with van der Waals surface area (Å²) in [7, 11) is -0.110. The molecular formula is C12H18BNO4. The van der Waals surface area contributed by atoms with Crippen LogP contribution in [0.3, 0.4) is 0 Å². The number of carbonyl (C=O) groups excluding carboxylic acids is 1. The number of hydrogen-bond acceptors (Lipinski definition) is 4. The van der Waals surface area contributed by atoms with E-state index in [0.717, 1.165) is 0 Å². The number of rotatable bonds is 3. The normalized spacial score (nSPS) is 11.0. The maximum Gasteiger partial charge on any atom is 0.488 e. The average molecular weight is 251 g/mol.